The highest BCUT2D eigenvalue weighted by Gasteiger charge is 2.21. The molecule has 1 atom stereocenters. The first-order valence-corrected chi connectivity index (χ1v) is 7.07. The number of nitrogens with one attached hydrogen (secondary N) is 1. The lowest BCUT2D eigenvalue weighted by Gasteiger charge is -2.37. The van der Waals surface area contributed by atoms with Crippen molar-refractivity contribution in [2.24, 2.45) is 0 Å². The van der Waals surface area contributed by atoms with E-state index in [4.69, 9.17) is 0 Å². The molecule has 5 heteroatoms. The summed E-state index contributed by atoms with van der Waals surface area (Å²) in [6, 6.07) is 8.56. The Kier molecular flexibility index (Phi) is 3.80. The largest absolute Gasteiger partial charge is 0.353 e. The van der Waals surface area contributed by atoms with E-state index in [9.17, 15) is 0 Å². The zero-order chi connectivity index (χ0) is 13.9. The van der Waals surface area contributed by atoms with Crippen LogP contribution in [0.2, 0.25) is 0 Å². The summed E-state index contributed by atoms with van der Waals surface area (Å²) < 4.78 is 0. The van der Waals surface area contributed by atoms with Crippen molar-refractivity contribution < 1.29 is 0 Å². The van der Waals surface area contributed by atoms with Gasteiger partial charge in [-0.1, -0.05) is 18.2 Å². The van der Waals surface area contributed by atoms with E-state index < -0.39 is 0 Å². The van der Waals surface area contributed by atoms with Crippen LogP contribution in [0.1, 0.15) is 0 Å². The molecule has 20 heavy (non-hydrogen) atoms. The molecule has 0 saturated carbocycles. The predicted octanol–water partition coefficient (Wildman–Crippen LogP) is 1.29. The number of hydrogen-bond donors (Lipinski definition) is 1. The lowest BCUT2D eigenvalue weighted by Crippen LogP contribution is -2.52. The smallest absolute Gasteiger partial charge is 0.223 e. The minimum Gasteiger partial charge on any atom is -0.353 e. The third-order valence-electron chi connectivity index (χ3n) is 3.97. The number of hydrogen-bond acceptors (Lipinski definition) is 5. The maximum absolute atomic E-state index is 4.55. The first-order valence-electron chi connectivity index (χ1n) is 7.07. The predicted molar refractivity (Wildman–Crippen MR) is 81.9 cm³/mol. The number of aromatic nitrogens is 2. The van der Waals surface area contributed by atoms with Crippen molar-refractivity contribution in [3.63, 3.8) is 0 Å². The summed E-state index contributed by atoms with van der Waals surface area (Å²) in [5.41, 5.74) is 0.985. The Hall–Kier alpha value is -1.72. The van der Waals surface area contributed by atoms with Gasteiger partial charge in [-0.2, -0.15) is 0 Å². The second kappa shape index (κ2) is 5.73. The second-order valence-corrected chi connectivity index (χ2v) is 5.53. The Balaban J connectivity index is 1.67. The maximum Gasteiger partial charge on any atom is 0.223 e. The number of benzene rings is 1. The summed E-state index contributed by atoms with van der Waals surface area (Å²) in [5.74, 6) is 0.713. The van der Waals surface area contributed by atoms with Crippen LogP contribution in [0.25, 0.3) is 10.9 Å². The van der Waals surface area contributed by atoms with Crippen LogP contribution in [0.15, 0.2) is 30.5 Å². The Labute approximate surface area is 119 Å². The van der Waals surface area contributed by atoms with Crippen LogP contribution in [-0.2, 0) is 0 Å². The summed E-state index contributed by atoms with van der Waals surface area (Å²) >= 11 is 0. The van der Waals surface area contributed by atoms with E-state index in [-0.39, 0.29) is 0 Å². The van der Waals surface area contributed by atoms with E-state index in [0.717, 1.165) is 37.1 Å². The van der Waals surface area contributed by atoms with E-state index in [2.05, 4.69) is 39.2 Å². The number of likely N-dealkylation sites (N-methyl/N-ethyl adjacent to an activating group) is 2. The Morgan fingerprint density at radius 2 is 2.10 bits per heavy atom. The van der Waals surface area contributed by atoms with Crippen LogP contribution < -0.4 is 5.32 Å². The van der Waals surface area contributed by atoms with E-state index in [0.29, 0.717) is 12.0 Å². The second-order valence-electron chi connectivity index (χ2n) is 5.53. The van der Waals surface area contributed by atoms with Crippen molar-refractivity contribution in [3.8, 4) is 0 Å². The molecule has 2 aromatic rings. The molecular formula is C15H21N5. The van der Waals surface area contributed by atoms with Gasteiger partial charge in [0.25, 0.3) is 0 Å². The Bertz CT molecular complexity index is 585. The van der Waals surface area contributed by atoms with Gasteiger partial charge < -0.3 is 10.2 Å². The van der Waals surface area contributed by atoms with Gasteiger partial charge in [0.2, 0.25) is 5.95 Å². The Morgan fingerprint density at radius 3 is 3.00 bits per heavy atom. The molecule has 1 fully saturated rings. The molecule has 5 nitrogen and oxygen atoms in total. The monoisotopic (exact) mass is 271 g/mol. The van der Waals surface area contributed by atoms with Gasteiger partial charge in [0.15, 0.2) is 0 Å². The molecule has 0 spiro atoms. The van der Waals surface area contributed by atoms with Crippen LogP contribution in [-0.4, -0.2) is 66.1 Å². The SMILES string of the molecule is CN1CCN(C)C(CNc2ncc3ccccc3n2)C1. The molecular weight excluding hydrogens is 250 g/mol. The molecule has 1 aliphatic rings. The summed E-state index contributed by atoms with van der Waals surface area (Å²) in [6.45, 7) is 4.21. The molecule has 1 aromatic carbocycles. The maximum atomic E-state index is 4.55. The highest BCUT2D eigenvalue weighted by molar-refractivity contribution is 5.78. The van der Waals surface area contributed by atoms with Crippen molar-refractivity contribution in [1.29, 1.82) is 0 Å². The third-order valence-corrected chi connectivity index (χ3v) is 3.97. The van der Waals surface area contributed by atoms with Crippen molar-refractivity contribution >= 4 is 16.9 Å². The molecule has 1 unspecified atom stereocenters. The summed E-state index contributed by atoms with van der Waals surface area (Å²) in [5, 5.41) is 4.44. The molecule has 0 radical (unpaired) electrons. The zero-order valence-electron chi connectivity index (χ0n) is 12.1. The van der Waals surface area contributed by atoms with Crippen LogP contribution >= 0.6 is 0 Å². The van der Waals surface area contributed by atoms with Gasteiger partial charge in [-0.15, -0.1) is 0 Å². The van der Waals surface area contributed by atoms with Crippen LogP contribution in [0.4, 0.5) is 5.95 Å². The van der Waals surface area contributed by atoms with E-state index in [1.165, 1.54) is 0 Å². The van der Waals surface area contributed by atoms with E-state index >= 15 is 0 Å². The van der Waals surface area contributed by atoms with Crippen molar-refractivity contribution in [1.82, 2.24) is 19.8 Å². The minimum absolute atomic E-state index is 0.504. The fraction of sp³-hybridized carbons (Fsp3) is 0.467. The van der Waals surface area contributed by atoms with Gasteiger partial charge in [-0.25, -0.2) is 9.97 Å². The molecule has 0 bridgehead atoms. The molecule has 2 heterocycles. The average molecular weight is 271 g/mol. The quantitative estimate of drug-likeness (QED) is 0.911. The first kappa shape index (κ1) is 13.3. The molecule has 0 amide bonds. The molecule has 1 aromatic heterocycles. The van der Waals surface area contributed by atoms with Gasteiger partial charge in [0, 0.05) is 43.8 Å². The normalized spacial score (nSPS) is 21.2. The number of piperazine rings is 1. The molecule has 0 aliphatic carbocycles. The molecule has 3 rings (SSSR count). The molecule has 1 aliphatic heterocycles. The van der Waals surface area contributed by atoms with E-state index in [1.54, 1.807) is 0 Å². The van der Waals surface area contributed by atoms with Crippen LogP contribution in [0, 0.1) is 0 Å². The molecule has 1 saturated heterocycles. The van der Waals surface area contributed by atoms with Gasteiger partial charge >= 0.3 is 0 Å². The van der Waals surface area contributed by atoms with Crippen molar-refractivity contribution in [2.75, 3.05) is 45.6 Å². The summed E-state index contributed by atoms with van der Waals surface area (Å²) in [7, 11) is 4.35. The molecule has 106 valence electrons. The van der Waals surface area contributed by atoms with Crippen LogP contribution in [0.5, 0.6) is 0 Å². The van der Waals surface area contributed by atoms with Gasteiger partial charge in [0.1, 0.15) is 0 Å². The number of rotatable bonds is 3. The van der Waals surface area contributed by atoms with E-state index in [1.807, 2.05) is 30.5 Å². The third kappa shape index (κ3) is 2.89. The van der Waals surface area contributed by atoms with Crippen LogP contribution in [0.3, 0.4) is 0 Å². The summed E-state index contributed by atoms with van der Waals surface area (Å²) in [4.78, 5) is 13.7. The first-order chi connectivity index (χ1) is 9.72. The van der Waals surface area contributed by atoms with Crippen molar-refractivity contribution in [3.05, 3.63) is 30.5 Å². The highest BCUT2D eigenvalue weighted by Crippen LogP contribution is 2.12. The van der Waals surface area contributed by atoms with Crippen molar-refractivity contribution in [2.45, 2.75) is 6.04 Å². The summed E-state index contributed by atoms with van der Waals surface area (Å²) in [6.07, 6.45) is 1.88. The standard InChI is InChI=1S/C15H21N5/c1-19-7-8-20(2)13(11-19)10-17-15-16-9-12-5-3-4-6-14(12)18-15/h3-6,9,13H,7-8,10-11H2,1-2H3,(H,16,17,18). The Morgan fingerprint density at radius 1 is 1.25 bits per heavy atom. The number of fused-ring (bicyclic) bond motifs is 1. The molecule has 1 N–H and O–H groups in total. The topological polar surface area (TPSA) is 44.3 Å². The lowest BCUT2D eigenvalue weighted by atomic mass is 10.2. The highest BCUT2D eigenvalue weighted by atomic mass is 15.3. The zero-order valence-corrected chi connectivity index (χ0v) is 12.1. The lowest BCUT2D eigenvalue weighted by molar-refractivity contribution is 0.121. The average Bonchev–Trinajstić information content (AvgIpc) is 2.48. The van der Waals surface area contributed by atoms with Gasteiger partial charge in [-0.05, 0) is 20.2 Å². The number of nitrogens with zero attached hydrogens (tertiary/aromatic N) is 4. The number of para-hydroxylation sites is 1. The van der Waals surface area contributed by atoms with Gasteiger partial charge in [-0.3, -0.25) is 4.90 Å². The minimum atomic E-state index is 0.504. The number of anilines is 1. The van der Waals surface area contributed by atoms with Gasteiger partial charge in [0.05, 0.1) is 5.52 Å². The fourth-order valence-electron chi connectivity index (χ4n) is 2.59. The fourth-order valence-corrected chi connectivity index (χ4v) is 2.59.